The molecule has 1 aliphatic heterocycles. The second-order valence-electron chi connectivity index (χ2n) is 5.65. The van der Waals surface area contributed by atoms with E-state index in [1.165, 1.54) is 7.11 Å². The predicted octanol–water partition coefficient (Wildman–Crippen LogP) is 1.78. The van der Waals surface area contributed by atoms with E-state index in [-0.39, 0.29) is 24.0 Å². The van der Waals surface area contributed by atoms with E-state index in [0.717, 1.165) is 25.9 Å². The molecule has 3 unspecified atom stereocenters. The average Bonchev–Trinajstić information content (AvgIpc) is 2.46. The van der Waals surface area contributed by atoms with Gasteiger partial charge in [0, 0.05) is 31.6 Å². The van der Waals surface area contributed by atoms with Crippen LogP contribution in [0, 0.1) is 5.92 Å². The van der Waals surface area contributed by atoms with Gasteiger partial charge >= 0.3 is 12.1 Å². The van der Waals surface area contributed by atoms with Gasteiger partial charge < -0.3 is 14.8 Å². The second kappa shape index (κ2) is 8.87. The van der Waals surface area contributed by atoms with Crippen LogP contribution in [0.15, 0.2) is 0 Å². The van der Waals surface area contributed by atoms with Crippen LogP contribution in [0.4, 0.5) is 4.79 Å². The smallest absolute Gasteiger partial charge is 0.407 e. The first-order chi connectivity index (χ1) is 9.99. The Morgan fingerprint density at radius 1 is 1.33 bits per heavy atom. The lowest BCUT2D eigenvalue weighted by Gasteiger charge is -2.40. The van der Waals surface area contributed by atoms with E-state index >= 15 is 0 Å². The van der Waals surface area contributed by atoms with Crippen molar-refractivity contribution < 1.29 is 19.1 Å². The molecule has 1 N–H and O–H groups in total. The molecule has 21 heavy (non-hydrogen) atoms. The maximum Gasteiger partial charge on any atom is 0.407 e. The molecule has 6 nitrogen and oxygen atoms in total. The summed E-state index contributed by atoms with van der Waals surface area (Å²) in [5.74, 6) is 0.00742. The quantitative estimate of drug-likeness (QED) is 0.757. The van der Waals surface area contributed by atoms with Crippen molar-refractivity contribution in [2.75, 3.05) is 26.8 Å². The summed E-state index contributed by atoms with van der Waals surface area (Å²) in [5.41, 5.74) is 0. The number of nitrogens with one attached hydrogen (secondary N) is 1. The van der Waals surface area contributed by atoms with Crippen molar-refractivity contribution >= 4 is 12.1 Å². The number of methoxy groups -OCH3 is 1. The number of piperidine rings is 1. The lowest BCUT2D eigenvalue weighted by molar-refractivity contribution is -0.142. The van der Waals surface area contributed by atoms with E-state index in [1.807, 2.05) is 0 Å². The van der Waals surface area contributed by atoms with E-state index < -0.39 is 0 Å². The number of nitrogens with zero attached hydrogens (tertiary/aromatic N) is 1. The molecule has 6 heteroatoms. The number of esters is 1. The molecule has 122 valence electrons. The Morgan fingerprint density at radius 2 is 2.05 bits per heavy atom. The van der Waals surface area contributed by atoms with Crippen molar-refractivity contribution in [2.45, 2.75) is 52.1 Å². The molecule has 0 radical (unpaired) electrons. The van der Waals surface area contributed by atoms with E-state index in [4.69, 9.17) is 9.47 Å². The molecule has 0 aromatic carbocycles. The van der Waals surface area contributed by atoms with Gasteiger partial charge in [-0.15, -0.1) is 0 Å². The van der Waals surface area contributed by atoms with E-state index in [9.17, 15) is 9.59 Å². The summed E-state index contributed by atoms with van der Waals surface area (Å²) < 4.78 is 9.70. The minimum atomic E-state index is -0.384. The zero-order chi connectivity index (χ0) is 15.8. The average molecular weight is 300 g/mol. The molecular formula is C15H28N2O4. The zero-order valence-corrected chi connectivity index (χ0v) is 13.6. The first-order valence-electron chi connectivity index (χ1n) is 7.74. The Balaban J connectivity index is 2.65. The number of rotatable bonds is 6. The van der Waals surface area contributed by atoms with E-state index in [0.29, 0.717) is 19.1 Å². The number of likely N-dealkylation sites (tertiary alicyclic amines) is 1. The van der Waals surface area contributed by atoms with Gasteiger partial charge in [0.25, 0.3) is 0 Å². The predicted molar refractivity (Wildman–Crippen MR) is 80.0 cm³/mol. The summed E-state index contributed by atoms with van der Waals surface area (Å²) >= 11 is 0. The normalized spacial score (nSPS) is 24.2. The van der Waals surface area contributed by atoms with Gasteiger partial charge in [0.15, 0.2) is 0 Å². The summed E-state index contributed by atoms with van der Waals surface area (Å²) in [6.45, 7) is 8.12. The van der Waals surface area contributed by atoms with Crippen LogP contribution in [0.3, 0.4) is 0 Å². The van der Waals surface area contributed by atoms with Crippen LogP contribution in [0.25, 0.3) is 0 Å². The van der Waals surface area contributed by atoms with Crippen molar-refractivity contribution in [2.24, 2.45) is 5.92 Å². The number of hydrogen-bond acceptors (Lipinski definition) is 5. The minimum absolute atomic E-state index is 0.0152. The monoisotopic (exact) mass is 300 g/mol. The highest BCUT2D eigenvalue weighted by molar-refractivity contribution is 5.69. The molecule has 3 atom stereocenters. The minimum Gasteiger partial charge on any atom is -0.469 e. The highest BCUT2D eigenvalue weighted by atomic mass is 16.5. The fourth-order valence-corrected chi connectivity index (χ4v) is 2.77. The van der Waals surface area contributed by atoms with Crippen molar-refractivity contribution in [1.29, 1.82) is 0 Å². The van der Waals surface area contributed by atoms with Gasteiger partial charge in [-0.2, -0.15) is 0 Å². The third kappa shape index (κ3) is 5.91. The fraction of sp³-hybridized carbons (Fsp3) is 0.867. The maximum absolute atomic E-state index is 11.6. The molecule has 1 amide bonds. The first kappa shape index (κ1) is 17.8. The third-order valence-electron chi connectivity index (χ3n) is 4.06. The number of carbonyl (C=O) groups is 2. The van der Waals surface area contributed by atoms with Gasteiger partial charge in [-0.3, -0.25) is 9.69 Å². The molecule has 1 fully saturated rings. The highest BCUT2D eigenvalue weighted by Gasteiger charge is 2.31. The molecule has 1 aliphatic rings. The number of alkyl carbamates (subject to hydrolysis) is 1. The van der Waals surface area contributed by atoms with E-state index in [2.05, 4.69) is 24.1 Å². The van der Waals surface area contributed by atoms with Gasteiger partial charge in [-0.05, 0) is 32.6 Å². The van der Waals surface area contributed by atoms with Crippen molar-refractivity contribution in [3.8, 4) is 0 Å². The number of amides is 1. The van der Waals surface area contributed by atoms with Gasteiger partial charge in [0.1, 0.15) is 0 Å². The van der Waals surface area contributed by atoms with Gasteiger partial charge in [0.2, 0.25) is 0 Å². The van der Waals surface area contributed by atoms with Crippen LogP contribution in [-0.2, 0) is 14.3 Å². The molecule has 0 saturated carbocycles. The molecular weight excluding hydrogens is 272 g/mol. The van der Waals surface area contributed by atoms with Crippen molar-refractivity contribution in [3.63, 3.8) is 0 Å². The highest BCUT2D eigenvalue weighted by Crippen LogP contribution is 2.23. The molecule has 1 saturated heterocycles. The molecule has 0 bridgehead atoms. The van der Waals surface area contributed by atoms with Gasteiger partial charge in [-0.25, -0.2) is 4.79 Å². The van der Waals surface area contributed by atoms with Crippen LogP contribution >= 0.6 is 0 Å². The standard InChI is InChI=1S/C15H28N2O4/c1-5-11(3)17-9-12(8-14(18)20-4)7-13(10-17)16-15(19)21-6-2/h11-13H,5-10H2,1-4H3,(H,16,19). The Kier molecular flexibility index (Phi) is 7.50. The largest absolute Gasteiger partial charge is 0.469 e. The van der Waals surface area contributed by atoms with Crippen molar-refractivity contribution in [1.82, 2.24) is 10.2 Å². The SMILES string of the molecule is CCOC(=O)NC1CC(CC(=O)OC)CN(C(C)CC)C1. The van der Waals surface area contributed by atoms with Crippen molar-refractivity contribution in [3.05, 3.63) is 0 Å². The lowest BCUT2D eigenvalue weighted by atomic mass is 9.90. The third-order valence-corrected chi connectivity index (χ3v) is 4.06. The lowest BCUT2D eigenvalue weighted by Crippen LogP contribution is -2.53. The first-order valence-corrected chi connectivity index (χ1v) is 7.74. The zero-order valence-electron chi connectivity index (χ0n) is 13.6. The van der Waals surface area contributed by atoms with Crippen LogP contribution in [0.2, 0.25) is 0 Å². The Labute approximate surface area is 127 Å². The molecule has 0 spiro atoms. The Morgan fingerprint density at radius 3 is 2.62 bits per heavy atom. The van der Waals surface area contributed by atoms with Crippen LogP contribution < -0.4 is 5.32 Å². The van der Waals surface area contributed by atoms with E-state index in [1.54, 1.807) is 6.92 Å². The van der Waals surface area contributed by atoms with Crippen LogP contribution in [0.5, 0.6) is 0 Å². The summed E-state index contributed by atoms with van der Waals surface area (Å²) in [6, 6.07) is 0.443. The fourth-order valence-electron chi connectivity index (χ4n) is 2.77. The van der Waals surface area contributed by atoms with Gasteiger partial charge in [-0.1, -0.05) is 6.92 Å². The summed E-state index contributed by atoms with van der Waals surface area (Å²) in [5, 5.41) is 2.90. The molecule has 1 heterocycles. The topological polar surface area (TPSA) is 67.9 Å². The summed E-state index contributed by atoms with van der Waals surface area (Å²) in [6.07, 6.45) is 1.83. The second-order valence-corrected chi connectivity index (χ2v) is 5.65. The van der Waals surface area contributed by atoms with Crippen LogP contribution in [-0.4, -0.2) is 55.9 Å². The number of carbonyl (C=O) groups excluding carboxylic acids is 2. The van der Waals surface area contributed by atoms with Crippen LogP contribution in [0.1, 0.15) is 40.0 Å². The number of hydrogen-bond donors (Lipinski definition) is 1. The molecule has 1 rings (SSSR count). The Bertz CT molecular complexity index is 349. The van der Waals surface area contributed by atoms with Gasteiger partial charge in [0.05, 0.1) is 13.7 Å². The number of ether oxygens (including phenoxy) is 2. The summed E-state index contributed by atoms with van der Waals surface area (Å²) in [7, 11) is 1.41. The summed E-state index contributed by atoms with van der Waals surface area (Å²) in [4.78, 5) is 25.4. The molecule has 0 aliphatic carbocycles. The molecule has 0 aromatic rings. The Hall–Kier alpha value is -1.30. The molecule has 0 aromatic heterocycles. The maximum atomic E-state index is 11.6.